The Kier molecular flexibility index (Phi) is 5.05. The van der Waals surface area contributed by atoms with Gasteiger partial charge in [0.2, 0.25) is 0 Å². The second-order valence-electron chi connectivity index (χ2n) is 6.84. The van der Waals surface area contributed by atoms with Crippen LogP contribution in [0.15, 0.2) is 48.5 Å². The first-order chi connectivity index (χ1) is 13.1. The van der Waals surface area contributed by atoms with Gasteiger partial charge in [-0.3, -0.25) is 4.79 Å². The molecule has 0 saturated carbocycles. The molecule has 3 aromatic rings. The molecule has 1 aliphatic heterocycles. The smallest absolute Gasteiger partial charge is 0.270 e. The minimum atomic E-state index is -0.0421. The Labute approximate surface area is 163 Å². The number of nitrogens with zero attached hydrogens (tertiary/aromatic N) is 2. The third-order valence-corrected chi connectivity index (χ3v) is 5.13. The molecule has 5 nitrogen and oxygen atoms in total. The number of aromatic nitrogens is 1. The van der Waals surface area contributed by atoms with Crippen molar-refractivity contribution < 1.29 is 9.53 Å². The van der Waals surface area contributed by atoms with Gasteiger partial charge in [-0.05, 0) is 42.0 Å². The summed E-state index contributed by atoms with van der Waals surface area (Å²) < 4.78 is 5.40. The molecular formula is C21H22ClN3O2. The van der Waals surface area contributed by atoms with Crippen molar-refractivity contribution in [3.63, 3.8) is 0 Å². The first-order valence-corrected chi connectivity index (χ1v) is 9.43. The quantitative estimate of drug-likeness (QED) is 0.742. The average molecular weight is 384 g/mol. The Morgan fingerprint density at radius 3 is 2.63 bits per heavy atom. The highest BCUT2D eigenvalue weighted by Crippen LogP contribution is 2.22. The maximum absolute atomic E-state index is 12.8. The summed E-state index contributed by atoms with van der Waals surface area (Å²) in [6, 6.07) is 15.8. The molecule has 0 radical (unpaired) electrons. The number of aromatic amines is 1. The summed E-state index contributed by atoms with van der Waals surface area (Å²) in [5, 5.41) is 1.60. The predicted octanol–water partition coefficient (Wildman–Crippen LogP) is 3.93. The summed E-state index contributed by atoms with van der Waals surface area (Å²) in [5.41, 5.74) is 3.77. The SMILES string of the molecule is CN(Cc1ccc(N2CCOCC2)cc1)C(=O)c1cc2cc(Cl)ccc2[nH]1. The average Bonchev–Trinajstić information content (AvgIpc) is 3.11. The zero-order valence-electron chi connectivity index (χ0n) is 15.2. The van der Waals surface area contributed by atoms with Crippen molar-refractivity contribution in [2.24, 2.45) is 0 Å². The number of hydrogen-bond acceptors (Lipinski definition) is 3. The van der Waals surface area contributed by atoms with Gasteiger partial charge in [0.25, 0.3) is 5.91 Å². The number of ether oxygens (including phenoxy) is 1. The number of amides is 1. The molecule has 1 fully saturated rings. The number of carbonyl (C=O) groups excluding carboxylic acids is 1. The Balaban J connectivity index is 1.44. The standard InChI is InChI=1S/C21H22ClN3O2/c1-24(21(26)20-13-16-12-17(22)4-7-19(16)23-20)14-15-2-5-18(6-3-15)25-8-10-27-11-9-25/h2-7,12-13,23H,8-11,14H2,1H3. The number of carbonyl (C=O) groups is 1. The zero-order valence-corrected chi connectivity index (χ0v) is 16.0. The van der Waals surface area contributed by atoms with Crippen LogP contribution in [0.4, 0.5) is 5.69 Å². The maximum atomic E-state index is 12.8. The Hall–Kier alpha value is -2.50. The molecule has 4 rings (SSSR count). The predicted molar refractivity (Wildman–Crippen MR) is 109 cm³/mol. The van der Waals surface area contributed by atoms with E-state index in [9.17, 15) is 4.79 Å². The topological polar surface area (TPSA) is 48.6 Å². The van der Waals surface area contributed by atoms with Crippen molar-refractivity contribution in [2.75, 3.05) is 38.3 Å². The highest BCUT2D eigenvalue weighted by atomic mass is 35.5. The van der Waals surface area contributed by atoms with Crippen LogP contribution < -0.4 is 4.90 Å². The third kappa shape index (κ3) is 3.94. The van der Waals surface area contributed by atoms with Crippen LogP contribution in [0.1, 0.15) is 16.1 Å². The summed E-state index contributed by atoms with van der Waals surface area (Å²) >= 11 is 6.03. The molecule has 0 atom stereocenters. The zero-order chi connectivity index (χ0) is 18.8. The number of rotatable bonds is 4. The Morgan fingerprint density at radius 1 is 1.15 bits per heavy atom. The molecule has 0 aliphatic carbocycles. The van der Waals surface area contributed by atoms with Crippen LogP contribution in [0.2, 0.25) is 5.02 Å². The summed E-state index contributed by atoms with van der Waals surface area (Å²) in [5.74, 6) is -0.0421. The number of nitrogens with one attached hydrogen (secondary N) is 1. The fourth-order valence-corrected chi connectivity index (χ4v) is 3.58. The van der Waals surface area contributed by atoms with Crippen LogP contribution in [0.25, 0.3) is 10.9 Å². The van der Waals surface area contributed by atoms with Gasteiger partial charge in [-0.15, -0.1) is 0 Å². The van der Waals surface area contributed by atoms with Crippen LogP contribution in [-0.4, -0.2) is 49.1 Å². The number of morpholine rings is 1. The number of hydrogen-bond donors (Lipinski definition) is 1. The fourth-order valence-electron chi connectivity index (χ4n) is 3.40. The largest absolute Gasteiger partial charge is 0.378 e. The van der Waals surface area contributed by atoms with Gasteiger partial charge in [-0.1, -0.05) is 23.7 Å². The lowest BCUT2D eigenvalue weighted by Crippen LogP contribution is -2.36. The van der Waals surface area contributed by atoms with Crippen molar-refractivity contribution in [3.05, 3.63) is 64.8 Å². The van der Waals surface area contributed by atoms with Gasteiger partial charge >= 0.3 is 0 Å². The van der Waals surface area contributed by atoms with E-state index in [0.717, 1.165) is 42.8 Å². The molecule has 1 saturated heterocycles. The first kappa shape index (κ1) is 17.9. The molecule has 0 bridgehead atoms. The van der Waals surface area contributed by atoms with Crippen molar-refractivity contribution >= 4 is 34.1 Å². The van der Waals surface area contributed by atoms with Gasteiger partial charge in [0.05, 0.1) is 13.2 Å². The van der Waals surface area contributed by atoms with E-state index >= 15 is 0 Å². The van der Waals surface area contributed by atoms with E-state index in [2.05, 4.69) is 34.1 Å². The lowest BCUT2D eigenvalue weighted by molar-refractivity contribution is 0.0780. The van der Waals surface area contributed by atoms with Gasteiger partial charge in [-0.2, -0.15) is 0 Å². The van der Waals surface area contributed by atoms with Gasteiger partial charge in [-0.25, -0.2) is 0 Å². The van der Waals surface area contributed by atoms with Gasteiger partial charge in [0, 0.05) is 48.3 Å². The molecule has 1 aromatic heterocycles. The number of anilines is 1. The van der Waals surface area contributed by atoms with E-state index in [1.807, 2.05) is 31.3 Å². The molecule has 2 heterocycles. The second-order valence-corrected chi connectivity index (χ2v) is 7.28. The minimum Gasteiger partial charge on any atom is -0.378 e. The molecule has 1 N–H and O–H groups in total. The number of H-pyrrole nitrogens is 1. The van der Waals surface area contributed by atoms with E-state index in [4.69, 9.17) is 16.3 Å². The van der Waals surface area contributed by atoms with E-state index in [1.165, 1.54) is 5.69 Å². The van der Waals surface area contributed by atoms with Gasteiger partial charge < -0.3 is 19.5 Å². The van der Waals surface area contributed by atoms with Crippen LogP contribution in [-0.2, 0) is 11.3 Å². The van der Waals surface area contributed by atoms with Crippen molar-refractivity contribution in [1.29, 1.82) is 0 Å². The molecule has 0 unspecified atom stereocenters. The molecule has 1 amide bonds. The third-order valence-electron chi connectivity index (χ3n) is 4.89. The maximum Gasteiger partial charge on any atom is 0.270 e. The van der Waals surface area contributed by atoms with E-state index in [-0.39, 0.29) is 5.91 Å². The second kappa shape index (κ2) is 7.62. The molecule has 27 heavy (non-hydrogen) atoms. The first-order valence-electron chi connectivity index (χ1n) is 9.05. The number of benzene rings is 2. The van der Waals surface area contributed by atoms with Gasteiger partial charge in [0.15, 0.2) is 0 Å². The summed E-state index contributed by atoms with van der Waals surface area (Å²) in [6.07, 6.45) is 0. The Bertz CT molecular complexity index is 946. The van der Waals surface area contributed by atoms with Crippen molar-refractivity contribution in [1.82, 2.24) is 9.88 Å². The molecular weight excluding hydrogens is 362 g/mol. The van der Waals surface area contributed by atoms with Crippen LogP contribution in [0.5, 0.6) is 0 Å². The summed E-state index contributed by atoms with van der Waals surface area (Å²) in [4.78, 5) is 20.0. The monoisotopic (exact) mass is 383 g/mol. The molecule has 6 heteroatoms. The highest BCUT2D eigenvalue weighted by Gasteiger charge is 2.16. The van der Waals surface area contributed by atoms with Crippen LogP contribution in [0, 0.1) is 0 Å². The lowest BCUT2D eigenvalue weighted by atomic mass is 10.1. The van der Waals surface area contributed by atoms with E-state index in [0.29, 0.717) is 17.3 Å². The summed E-state index contributed by atoms with van der Waals surface area (Å²) in [6.45, 7) is 3.94. The van der Waals surface area contributed by atoms with Gasteiger partial charge in [0.1, 0.15) is 5.69 Å². The van der Waals surface area contributed by atoms with Crippen LogP contribution in [0.3, 0.4) is 0 Å². The number of halogens is 1. The fraction of sp³-hybridized carbons (Fsp3) is 0.286. The van der Waals surface area contributed by atoms with Crippen molar-refractivity contribution in [3.8, 4) is 0 Å². The molecule has 0 spiro atoms. The Morgan fingerprint density at radius 2 is 1.89 bits per heavy atom. The number of fused-ring (bicyclic) bond motifs is 1. The van der Waals surface area contributed by atoms with Crippen LogP contribution >= 0.6 is 11.6 Å². The molecule has 1 aliphatic rings. The molecule has 2 aromatic carbocycles. The van der Waals surface area contributed by atoms with E-state index < -0.39 is 0 Å². The molecule has 140 valence electrons. The normalized spacial score (nSPS) is 14.5. The summed E-state index contributed by atoms with van der Waals surface area (Å²) in [7, 11) is 1.82. The lowest BCUT2D eigenvalue weighted by Gasteiger charge is -2.29. The minimum absolute atomic E-state index is 0.0421. The van der Waals surface area contributed by atoms with E-state index in [1.54, 1.807) is 4.90 Å². The highest BCUT2D eigenvalue weighted by molar-refractivity contribution is 6.31. The van der Waals surface area contributed by atoms with Crippen molar-refractivity contribution in [2.45, 2.75) is 6.54 Å².